The second kappa shape index (κ2) is 5.11. The Morgan fingerprint density at radius 1 is 1.05 bits per heavy atom. The number of carbonyl (C=O) groups is 1. The van der Waals surface area contributed by atoms with Crippen LogP contribution in [0.5, 0.6) is 0 Å². The maximum atomic E-state index is 12.6. The summed E-state index contributed by atoms with van der Waals surface area (Å²) in [5, 5.41) is 0. The lowest BCUT2D eigenvalue weighted by molar-refractivity contribution is -0.0891. The van der Waals surface area contributed by atoms with E-state index in [-0.39, 0.29) is 11.6 Å². The van der Waals surface area contributed by atoms with E-state index < -0.39 is 0 Å². The van der Waals surface area contributed by atoms with Gasteiger partial charge in [0, 0.05) is 0 Å². The van der Waals surface area contributed by atoms with Gasteiger partial charge in [-0.25, -0.2) is 4.79 Å². The molecule has 118 valence electrons. The molecule has 0 heterocycles. The molecular formula is C20H26O2. The number of esters is 1. The van der Waals surface area contributed by atoms with Gasteiger partial charge in [-0.3, -0.25) is 0 Å². The van der Waals surface area contributed by atoms with Crippen LogP contribution in [0.25, 0.3) is 0 Å². The van der Waals surface area contributed by atoms with E-state index in [1.54, 1.807) is 0 Å². The molecule has 4 bridgehead atoms. The standard InChI is InChI=1S/C20H26O2/c1-13-3-5-17(6-4-13)19(21)22-20-10-15-7-14(2)18(12-20)9-16(8-15)11-20/h3-6,14-16,18H,7-12H2,1-2H3. The highest BCUT2D eigenvalue weighted by Gasteiger charge is 2.52. The summed E-state index contributed by atoms with van der Waals surface area (Å²) >= 11 is 0. The van der Waals surface area contributed by atoms with Crippen molar-refractivity contribution in [2.24, 2.45) is 23.7 Å². The molecule has 4 aliphatic carbocycles. The van der Waals surface area contributed by atoms with Crippen LogP contribution >= 0.6 is 0 Å². The van der Waals surface area contributed by atoms with Crippen LogP contribution in [-0.4, -0.2) is 11.6 Å². The molecule has 0 saturated heterocycles. The monoisotopic (exact) mass is 298 g/mol. The zero-order chi connectivity index (χ0) is 15.3. The number of hydrogen-bond donors (Lipinski definition) is 0. The fourth-order valence-electron chi connectivity index (χ4n) is 5.51. The average molecular weight is 298 g/mol. The molecule has 5 unspecified atom stereocenters. The predicted octanol–water partition coefficient (Wildman–Crippen LogP) is 4.76. The molecule has 5 atom stereocenters. The van der Waals surface area contributed by atoms with Crippen LogP contribution in [0.15, 0.2) is 24.3 Å². The molecular weight excluding hydrogens is 272 g/mol. The third-order valence-electron chi connectivity index (χ3n) is 6.36. The number of ether oxygens (including phenoxy) is 1. The SMILES string of the molecule is Cc1ccc(C(=O)OC23CC4CC(CC(C2)C(C)C4)C3)cc1. The molecule has 22 heavy (non-hydrogen) atoms. The number of fused-ring (bicyclic) bond motifs is 1. The Bertz CT molecular complexity index is 576. The molecule has 2 heteroatoms. The second-order valence-electron chi connectivity index (χ2n) is 8.23. The fourth-order valence-corrected chi connectivity index (χ4v) is 5.51. The minimum Gasteiger partial charge on any atom is -0.455 e. The van der Waals surface area contributed by atoms with Gasteiger partial charge in [0.05, 0.1) is 5.56 Å². The normalized spacial score (nSPS) is 39.5. The van der Waals surface area contributed by atoms with Crippen LogP contribution in [0.1, 0.15) is 61.4 Å². The van der Waals surface area contributed by atoms with Crippen LogP contribution in [0.4, 0.5) is 0 Å². The summed E-state index contributed by atoms with van der Waals surface area (Å²) in [5.41, 5.74) is 1.72. The van der Waals surface area contributed by atoms with Crippen LogP contribution in [-0.2, 0) is 4.74 Å². The topological polar surface area (TPSA) is 26.3 Å². The molecule has 0 aliphatic heterocycles. The highest BCUT2D eigenvalue weighted by atomic mass is 16.6. The Hall–Kier alpha value is -1.31. The van der Waals surface area contributed by atoms with E-state index in [1.807, 2.05) is 31.2 Å². The van der Waals surface area contributed by atoms with E-state index in [0.29, 0.717) is 5.56 Å². The summed E-state index contributed by atoms with van der Waals surface area (Å²) in [6.07, 6.45) is 7.36. The van der Waals surface area contributed by atoms with Gasteiger partial charge >= 0.3 is 5.97 Å². The molecule has 5 rings (SSSR count). The summed E-state index contributed by atoms with van der Waals surface area (Å²) in [5.74, 6) is 3.00. The number of carbonyl (C=O) groups excluding carboxylic acids is 1. The summed E-state index contributed by atoms with van der Waals surface area (Å²) in [4.78, 5) is 12.6. The Morgan fingerprint density at radius 2 is 1.73 bits per heavy atom. The van der Waals surface area contributed by atoms with Gasteiger partial charge in [0.1, 0.15) is 5.60 Å². The quantitative estimate of drug-likeness (QED) is 0.736. The smallest absolute Gasteiger partial charge is 0.338 e. The molecule has 4 aliphatic rings. The molecule has 0 amide bonds. The first-order valence-corrected chi connectivity index (χ1v) is 8.83. The van der Waals surface area contributed by atoms with Crippen molar-refractivity contribution in [2.45, 2.75) is 58.0 Å². The molecule has 1 aromatic rings. The van der Waals surface area contributed by atoms with E-state index in [4.69, 9.17) is 4.74 Å². The zero-order valence-electron chi connectivity index (χ0n) is 13.7. The van der Waals surface area contributed by atoms with Gasteiger partial charge in [0.15, 0.2) is 0 Å². The average Bonchev–Trinajstić information content (AvgIpc) is 2.61. The van der Waals surface area contributed by atoms with Crippen molar-refractivity contribution in [1.29, 1.82) is 0 Å². The van der Waals surface area contributed by atoms with Crippen molar-refractivity contribution < 1.29 is 9.53 Å². The lowest BCUT2D eigenvalue weighted by atomic mass is 9.64. The van der Waals surface area contributed by atoms with Gasteiger partial charge in [-0.2, -0.15) is 0 Å². The van der Waals surface area contributed by atoms with Crippen LogP contribution in [0, 0.1) is 30.6 Å². The number of rotatable bonds is 2. The lowest BCUT2D eigenvalue weighted by Gasteiger charge is -2.47. The van der Waals surface area contributed by atoms with Crippen molar-refractivity contribution in [3.05, 3.63) is 35.4 Å². The van der Waals surface area contributed by atoms with Crippen molar-refractivity contribution in [3.8, 4) is 0 Å². The Kier molecular flexibility index (Phi) is 3.32. The van der Waals surface area contributed by atoms with Crippen LogP contribution < -0.4 is 0 Å². The molecule has 0 spiro atoms. The Labute approximate surface area is 133 Å². The van der Waals surface area contributed by atoms with Crippen molar-refractivity contribution in [1.82, 2.24) is 0 Å². The van der Waals surface area contributed by atoms with Gasteiger partial charge in [-0.1, -0.05) is 24.6 Å². The highest BCUT2D eigenvalue weighted by Crippen LogP contribution is 2.56. The van der Waals surface area contributed by atoms with Crippen LogP contribution in [0.2, 0.25) is 0 Å². The Morgan fingerprint density at radius 3 is 2.45 bits per heavy atom. The third-order valence-corrected chi connectivity index (χ3v) is 6.36. The number of benzene rings is 1. The molecule has 0 radical (unpaired) electrons. The fraction of sp³-hybridized carbons (Fsp3) is 0.650. The molecule has 4 saturated carbocycles. The van der Waals surface area contributed by atoms with E-state index in [2.05, 4.69) is 6.92 Å². The minimum absolute atomic E-state index is 0.116. The number of aryl methyl sites for hydroxylation is 1. The Balaban J connectivity index is 1.57. The first-order valence-electron chi connectivity index (χ1n) is 8.83. The van der Waals surface area contributed by atoms with Gasteiger partial charge in [-0.05, 0) is 81.3 Å². The van der Waals surface area contributed by atoms with Gasteiger partial charge < -0.3 is 4.74 Å². The van der Waals surface area contributed by atoms with E-state index >= 15 is 0 Å². The summed E-state index contributed by atoms with van der Waals surface area (Å²) < 4.78 is 6.17. The van der Waals surface area contributed by atoms with Crippen molar-refractivity contribution >= 4 is 5.97 Å². The lowest BCUT2D eigenvalue weighted by Crippen LogP contribution is -2.46. The minimum atomic E-state index is -0.163. The maximum Gasteiger partial charge on any atom is 0.338 e. The maximum absolute atomic E-state index is 12.6. The largest absolute Gasteiger partial charge is 0.455 e. The third kappa shape index (κ3) is 2.47. The van der Waals surface area contributed by atoms with Crippen molar-refractivity contribution in [2.75, 3.05) is 0 Å². The van der Waals surface area contributed by atoms with Gasteiger partial charge in [0.2, 0.25) is 0 Å². The number of hydrogen-bond acceptors (Lipinski definition) is 2. The predicted molar refractivity (Wildman–Crippen MR) is 86.7 cm³/mol. The first-order chi connectivity index (χ1) is 10.5. The molecule has 4 fully saturated rings. The summed E-state index contributed by atoms with van der Waals surface area (Å²) in [6, 6.07) is 7.78. The summed E-state index contributed by atoms with van der Waals surface area (Å²) in [6.45, 7) is 4.45. The van der Waals surface area contributed by atoms with Crippen molar-refractivity contribution in [3.63, 3.8) is 0 Å². The van der Waals surface area contributed by atoms with E-state index in [9.17, 15) is 4.79 Å². The van der Waals surface area contributed by atoms with Gasteiger partial charge in [0.25, 0.3) is 0 Å². The van der Waals surface area contributed by atoms with Crippen LogP contribution in [0.3, 0.4) is 0 Å². The molecule has 1 aromatic carbocycles. The zero-order valence-corrected chi connectivity index (χ0v) is 13.7. The second-order valence-corrected chi connectivity index (χ2v) is 8.23. The highest BCUT2D eigenvalue weighted by molar-refractivity contribution is 5.89. The van der Waals surface area contributed by atoms with E-state index in [0.717, 1.165) is 42.9 Å². The molecule has 0 aromatic heterocycles. The molecule has 0 N–H and O–H groups in total. The summed E-state index contributed by atoms with van der Waals surface area (Å²) in [7, 11) is 0. The molecule has 2 nitrogen and oxygen atoms in total. The van der Waals surface area contributed by atoms with E-state index in [1.165, 1.54) is 24.8 Å². The van der Waals surface area contributed by atoms with Gasteiger partial charge in [-0.15, -0.1) is 0 Å². The first kappa shape index (κ1) is 14.3.